The Labute approximate surface area is 142 Å². The molecule has 1 aromatic heterocycles. The van der Waals surface area contributed by atoms with Gasteiger partial charge in [-0.2, -0.15) is 0 Å². The molecule has 24 heavy (non-hydrogen) atoms. The number of amides is 3. The van der Waals surface area contributed by atoms with Crippen LogP contribution >= 0.6 is 11.3 Å². The molecule has 0 radical (unpaired) electrons. The van der Waals surface area contributed by atoms with Crippen LogP contribution in [0.15, 0.2) is 41.8 Å². The van der Waals surface area contributed by atoms with Crippen molar-refractivity contribution in [3.8, 4) is 0 Å². The van der Waals surface area contributed by atoms with E-state index >= 15 is 0 Å². The Bertz CT molecular complexity index is 713. The largest absolute Gasteiger partial charge is 0.386 e. The second-order valence-electron chi connectivity index (χ2n) is 4.95. The van der Waals surface area contributed by atoms with Crippen LogP contribution in [0, 0.1) is 0 Å². The molecule has 2 aromatic rings. The highest BCUT2D eigenvalue weighted by Gasteiger charge is 2.16. The van der Waals surface area contributed by atoms with E-state index in [2.05, 4.69) is 16.0 Å². The standard InChI is InChI=1S/C16H17N3O4S/c1-10(20)18-11-4-6-12(7-5-11)19-16(23)15(22)17-9-13(21)14-3-2-8-24-14/h2-8,13,21H,9H2,1H3,(H,17,22)(H,18,20)(H,19,23). The lowest BCUT2D eigenvalue weighted by atomic mass is 10.2. The van der Waals surface area contributed by atoms with Crippen LogP contribution in [0.4, 0.5) is 11.4 Å². The molecule has 0 aliphatic rings. The van der Waals surface area contributed by atoms with Gasteiger partial charge in [0.25, 0.3) is 0 Å². The SMILES string of the molecule is CC(=O)Nc1ccc(NC(=O)C(=O)NCC(O)c2cccs2)cc1. The molecule has 1 atom stereocenters. The molecule has 4 N–H and O–H groups in total. The quantitative estimate of drug-likeness (QED) is 0.615. The summed E-state index contributed by atoms with van der Waals surface area (Å²) < 4.78 is 0. The van der Waals surface area contributed by atoms with E-state index in [1.54, 1.807) is 36.4 Å². The topological polar surface area (TPSA) is 108 Å². The van der Waals surface area contributed by atoms with E-state index in [0.717, 1.165) is 0 Å². The van der Waals surface area contributed by atoms with E-state index in [9.17, 15) is 19.5 Å². The van der Waals surface area contributed by atoms with Gasteiger partial charge >= 0.3 is 11.8 Å². The normalized spacial score (nSPS) is 11.4. The summed E-state index contributed by atoms with van der Waals surface area (Å²) in [6, 6.07) is 9.89. The average Bonchev–Trinajstić information content (AvgIpc) is 3.08. The zero-order valence-corrected chi connectivity index (χ0v) is 13.7. The van der Waals surface area contributed by atoms with Gasteiger partial charge in [-0.3, -0.25) is 14.4 Å². The molecule has 0 bridgehead atoms. The van der Waals surface area contributed by atoms with Crippen molar-refractivity contribution in [1.82, 2.24) is 5.32 Å². The third-order valence-electron chi connectivity index (χ3n) is 3.00. The first-order valence-electron chi connectivity index (χ1n) is 7.14. The van der Waals surface area contributed by atoms with Gasteiger partial charge in [-0.15, -0.1) is 11.3 Å². The van der Waals surface area contributed by atoms with E-state index in [1.807, 2.05) is 5.38 Å². The third kappa shape index (κ3) is 5.18. The highest BCUT2D eigenvalue weighted by atomic mass is 32.1. The molecular weight excluding hydrogens is 330 g/mol. The van der Waals surface area contributed by atoms with Crippen molar-refractivity contribution in [2.24, 2.45) is 0 Å². The van der Waals surface area contributed by atoms with Gasteiger partial charge in [0, 0.05) is 29.7 Å². The first-order valence-corrected chi connectivity index (χ1v) is 8.02. The van der Waals surface area contributed by atoms with Crippen LogP contribution in [0.2, 0.25) is 0 Å². The highest BCUT2D eigenvalue weighted by molar-refractivity contribution is 7.10. The minimum Gasteiger partial charge on any atom is -0.386 e. The van der Waals surface area contributed by atoms with E-state index in [-0.39, 0.29) is 12.5 Å². The van der Waals surface area contributed by atoms with Crippen molar-refractivity contribution in [1.29, 1.82) is 0 Å². The Morgan fingerprint density at radius 1 is 1.04 bits per heavy atom. The maximum atomic E-state index is 11.8. The van der Waals surface area contributed by atoms with Crippen LogP contribution in [0.5, 0.6) is 0 Å². The number of carbonyl (C=O) groups excluding carboxylic acids is 3. The zero-order valence-electron chi connectivity index (χ0n) is 12.9. The van der Waals surface area contributed by atoms with Gasteiger partial charge in [0.05, 0.1) is 0 Å². The van der Waals surface area contributed by atoms with Crippen molar-refractivity contribution in [3.05, 3.63) is 46.7 Å². The van der Waals surface area contributed by atoms with Gasteiger partial charge in [-0.1, -0.05) is 6.07 Å². The maximum Gasteiger partial charge on any atom is 0.313 e. The number of hydrogen-bond acceptors (Lipinski definition) is 5. The summed E-state index contributed by atoms with van der Waals surface area (Å²) in [6.07, 6.45) is -0.848. The number of hydrogen-bond donors (Lipinski definition) is 4. The van der Waals surface area contributed by atoms with Gasteiger partial charge in [-0.25, -0.2) is 0 Å². The van der Waals surface area contributed by atoms with Crippen LogP contribution in [0.1, 0.15) is 17.9 Å². The molecule has 1 heterocycles. The zero-order chi connectivity index (χ0) is 17.5. The lowest BCUT2D eigenvalue weighted by Gasteiger charge is -2.10. The first-order chi connectivity index (χ1) is 11.5. The molecule has 2 rings (SSSR count). The summed E-state index contributed by atoms with van der Waals surface area (Å²) in [4.78, 5) is 35.2. The molecule has 0 saturated carbocycles. The Morgan fingerprint density at radius 2 is 1.67 bits per heavy atom. The minimum absolute atomic E-state index is 0.0474. The predicted molar refractivity (Wildman–Crippen MR) is 91.7 cm³/mol. The fourth-order valence-corrected chi connectivity index (χ4v) is 2.59. The number of carbonyl (C=O) groups is 3. The minimum atomic E-state index is -0.848. The molecular formula is C16H17N3O4S. The molecule has 126 valence electrons. The van der Waals surface area contributed by atoms with Crippen molar-refractivity contribution in [2.75, 3.05) is 17.2 Å². The van der Waals surface area contributed by atoms with Gasteiger partial charge in [0.2, 0.25) is 5.91 Å². The summed E-state index contributed by atoms with van der Waals surface area (Å²) in [6.45, 7) is 1.35. The number of thiophene rings is 1. The third-order valence-corrected chi connectivity index (χ3v) is 3.97. The van der Waals surface area contributed by atoms with E-state index in [4.69, 9.17) is 0 Å². The summed E-state index contributed by atoms with van der Waals surface area (Å²) in [5, 5.41) is 19.1. The monoisotopic (exact) mass is 347 g/mol. The van der Waals surface area contributed by atoms with Crippen molar-refractivity contribution < 1.29 is 19.5 Å². The predicted octanol–water partition coefficient (Wildman–Crippen LogP) is 1.49. The summed E-state index contributed by atoms with van der Waals surface area (Å²) >= 11 is 1.37. The van der Waals surface area contributed by atoms with Crippen LogP contribution in [0.25, 0.3) is 0 Å². The van der Waals surface area contributed by atoms with Crippen molar-refractivity contribution in [3.63, 3.8) is 0 Å². The molecule has 8 heteroatoms. The molecule has 0 aliphatic heterocycles. The molecule has 1 unspecified atom stereocenters. The van der Waals surface area contributed by atoms with Crippen LogP contribution < -0.4 is 16.0 Å². The van der Waals surface area contributed by atoms with Gasteiger partial charge < -0.3 is 21.1 Å². The molecule has 0 saturated heterocycles. The van der Waals surface area contributed by atoms with Crippen molar-refractivity contribution in [2.45, 2.75) is 13.0 Å². The number of anilines is 2. The lowest BCUT2D eigenvalue weighted by Crippen LogP contribution is -2.37. The maximum absolute atomic E-state index is 11.8. The molecule has 0 fully saturated rings. The Hall–Kier alpha value is -2.71. The summed E-state index contributed by atoms with van der Waals surface area (Å²) in [7, 11) is 0. The molecule has 0 spiro atoms. The lowest BCUT2D eigenvalue weighted by molar-refractivity contribution is -0.136. The Kier molecular flexibility index (Phi) is 6.05. The average molecular weight is 347 g/mol. The Morgan fingerprint density at radius 3 is 2.21 bits per heavy atom. The number of benzene rings is 1. The number of aliphatic hydroxyl groups is 1. The molecule has 7 nitrogen and oxygen atoms in total. The van der Waals surface area contributed by atoms with Crippen LogP contribution in [0.3, 0.4) is 0 Å². The molecule has 3 amide bonds. The van der Waals surface area contributed by atoms with Crippen LogP contribution in [-0.2, 0) is 14.4 Å². The smallest absolute Gasteiger partial charge is 0.313 e. The van der Waals surface area contributed by atoms with Gasteiger partial charge in [0.1, 0.15) is 6.10 Å². The fourth-order valence-electron chi connectivity index (χ4n) is 1.88. The highest BCUT2D eigenvalue weighted by Crippen LogP contribution is 2.17. The van der Waals surface area contributed by atoms with E-state index in [1.165, 1.54) is 18.3 Å². The number of nitrogens with one attached hydrogen (secondary N) is 3. The van der Waals surface area contributed by atoms with E-state index in [0.29, 0.717) is 16.3 Å². The fraction of sp³-hybridized carbons (Fsp3) is 0.188. The second-order valence-corrected chi connectivity index (χ2v) is 5.93. The molecule has 0 aliphatic carbocycles. The van der Waals surface area contributed by atoms with E-state index < -0.39 is 17.9 Å². The molecule has 1 aromatic carbocycles. The number of rotatable bonds is 5. The van der Waals surface area contributed by atoms with Gasteiger partial charge in [-0.05, 0) is 35.7 Å². The van der Waals surface area contributed by atoms with Crippen LogP contribution in [-0.4, -0.2) is 29.4 Å². The second kappa shape index (κ2) is 8.23. The first kappa shape index (κ1) is 17.6. The summed E-state index contributed by atoms with van der Waals surface area (Å²) in [5.74, 6) is -1.87. The van der Waals surface area contributed by atoms with Gasteiger partial charge in [0.15, 0.2) is 0 Å². The van der Waals surface area contributed by atoms with Crippen molar-refractivity contribution >= 4 is 40.4 Å². The summed E-state index contributed by atoms with van der Waals surface area (Å²) in [5.41, 5.74) is 1.01. The Balaban J connectivity index is 1.82. The number of aliphatic hydroxyl groups excluding tert-OH is 1.